The van der Waals surface area contributed by atoms with Crippen LogP contribution in [-0.4, -0.2) is 15.7 Å². The van der Waals surface area contributed by atoms with Crippen molar-refractivity contribution in [3.05, 3.63) is 75.6 Å². The molecule has 3 rings (SSSR count). The number of nitrogens with zero attached hydrogens (tertiary/aromatic N) is 2. The van der Waals surface area contributed by atoms with E-state index < -0.39 is 17.6 Å². The number of hydrogen-bond acceptors (Lipinski definition) is 2. The third-order valence-corrected chi connectivity index (χ3v) is 4.38. The van der Waals surface area contributed by atoms with Gasteiger partial charge >= 0.3 is 6.18 Å². The lowest BCUT2D eigenvalue weighted by atomic mass is 10.1. The summed E-state index contributed by atoms with van der Waals surface area (Å²) in [6.45, 7) is 0. The first-order valence-corrected chi connectivity index (χ1v) is 8.20. The Morgan fingerprint density at radius 3 is 2.44 bits per heavy atom. The second kappa shape index (κ2) is 6.87. The average molecular weight is 457 g/mol. The predicted octanol–water partition coefficient (Wildman–Crippen LogP) is 4.75. The summed E-state index contributed by atoms with van der Waals surface area (Å²) in [5.41, 5.74) is 0.424. The normalized spacial score (nSPS) is 11.4. The van der Waals surface area contributed by atoms with Gasteiger partial charge in [0.05, 0.1) is 16.9 Å². The molecule has 0 bridgehead atoms. The molecule has 1 heterocycles. The molecule has 0 saturated heterocycles. The third-order valence-electron chi connectivity index (χ3n) is 3.44. The second-order valence-electron chi connectivity index (χ2n) is 5.14. The van der Waals surface area contributed by atoms with Crippen LogP contribution in [0.4, 0.5) is 18.9 Å². The first-order valence-electron chi connectivity index (χ1n) is 7.13. The van der Waals surface area contributed by atoms with E-state index in [4.69, 9.17) is 0 Å². The van der Waals surface area contributed by atoms with Crippen LogP contribution in [0.15, 0.2) is 60.9 Å². The lowest BCUT2D eigenvalue weighted by molar-refractivity contribution is -0.137. The maximum atomic E-state index is 12.8. The molecular weight excluding hydrogens is 446 g/mol. The van der Waals surface area contributed by atoms with Crippen molar-refractivity contribution in [1.29, 1.82) is 0 Å². The number of anilines is 1. The molecule has 0 aliphatic carbocycles. The highest BCUT2D eigenvalue weighted by molar-refractivity contribution is 14.1. The molecule has 4 nitrogen and oxygen atoms in total. The van der Waals surface area contributed by atoms with Gasteiger partial charge in [-0.05, 0) is 71.1 Å². The van der Waals surface area contributed by atoms with E-state index in [2.05, 4.69) is 10.4 Å². The van der Waals surface area contributed by atoms with Crippen molar-refractivity contribution >= 4 is 34.2 Å². The number of rotatable bonds is 3. The van der Waals surface area contributed by atoms with Gasteiger partial charge in [-0.3, -0.25) is 4.79 Å². The highest BCUT2D eigenvalue weighted by Crippen LogP contribution is 2.32. The Hall–Kier alpha value is -2.36. The number of alkyl halides is 3. The molecule has 0 aliphatic rings. The van der Waals surface area contributed by atoms with Crippen LogP contribution in [0.2, 0.25) is 0 Å². The molecule has 1 amide bonds. The summed E-state index contributed by atoms with van der Waals surface area (Å²) in [6, 6.07) is 11.6. The summed E-state index contributed by atoms with van der Waals surface area (Å²) in [4.78, 5) is 12.3. The zero-order chi connectivity index (χ0) is 18.0. The highest BCUT2D eigenvalue weighted by Gasteiger charge is 2.31. The van der Waals surface area contributed by atoms with Crippen LogP contribution in [0.5, 0.6) is 0 Å². The number of nitrogens with one attached hydrogen (secondary N) is 1. The lowest BCUT2D eigenvalue weighted by Gasteiger charge is -2.12. The van der Waals surface area contributed by atoms with E-state index in [9.17, 15) is 18.0 Å². The van der Waals surface area contributed by atoms with Crippen molar-refractivity contribution in [3.8, 4) is 5.69 Å². The van der Waals surface area contributed by atoms with Crippen LogP contribution in [0.1, 0.15) is 15.9 Å². The predicted molar refractivity (Wildman–Crippen MR) is 95.7 cm³/mol. The molecule has 25 heavy (non-hydrogen) atoms. The Kier molecular flexibility index (Phi) is 4.80. The van der Waals surface area contributed by atoms with Crippen molar-refractivity contribution in [2.45, 2.75) is 6.18 Å². The minimum absolute atomic E-state index is 0.122. The number of carbonyl (C=O) groups is 1. The minimum Gasteiger partial charge on any atom is -0.321 e. The molecule has 1 N–H and O–H groups in total. The van der Waals surface area contributed by atoms with Gasteiger partial charge in [0.25, 0.3) is 5.91 Å². The summed E-state index contributed by atoms with van der Waals surface area (Å²) < 4.78 is 40.6. The van der Waals surface area contributed by atoms with Crippen LogP contribution in [0.3, 0.4) is 0 Å². The summed E-state index contributed by atoms with van der Waals surface area (Å²) >= 11 is 1.88. The molecule has 0 spiro atoms. The summed E-state index contributed by atoms with van der Waals surface area (Å²) in [7, 11) is 0. The van der Waals surface area contributed by atoms with Crippen molar-refractivity contribution < 1.29 is 18.0 Å². The quantitative estimate of drug-likeness (QED) is 0.578. The number of benzene rings is 2. The lowest BCUT2D eigenvalue weighted by Crippen LogP contribution is -2.14. The Labute approximate surface area is 154 Å². The molecule has 0 saturated carbocycles. The van der Waals surface area contributed by atoms with Crippen LogP contribution in [-0.2, 0) is 6.18 Å². The number of aromatic nitrogens is 2. The Balaban J connectivity index is 1.80. The van der Waals surface area contributed by atoms with Gasteiger partial charge in [-0.2, -0.15) is 18.3 Å². The van der Waals surface area contributed by atoms with Crippen molar-refractivity contribution in [1.82, 2.24) is 9.78 Å². The summed E-state index contributed by atoms with van der Waals surface area (Å²) in [5.74, 6) is -0.482. The van der Waals surface area contributed by atoms with E-state index in [1.807, 2.05) is 22.6 Å². The average Bonchev–Trinajstić information content (AvgIpc) is 3.10. The Morgan fingerprint density at radius 1 is 1.12 bits per heavy atom. The van der Waals surface area contributed by atoms with E-state index in [0.717, 1.165) is 17.8 Å². The van der Waals surface area contributed by atoms with Gasteiger partial charge in [0, 0.05) is 21.5 Å². The van der Waals surface area contributed by atoms with E-state index >= 15 is 0 Å². The number of hydrogen-bond donors (Lipinski definition) is 1. The van der Waals surface area contributed by atoms with Crippen LogP contribution >= 0.6 is 22.6 Å². The molecule has 3 aromatic rings. The fraction of sp³-hybridized carbons (Fsp3) is 0.0588. The molecule has 0 unspecified atom stereocenters. The van der Waals surface area contributed by atoms with Gasteiger partial charge in [-0.25, -0.2) is 4.68 Å². The standard InChI is InChI=1S/C17H11F3IN3O/c18-17(19,20)12-4-7-14(21)15(10-12)23-16(25)11-2-5-13(6-3-11)24-9-1-8-22-24/h1-10H,(H,23,25). The molecular formula is C17H11F3IN3O. The number of carbonyl (C=O) groups excluding carboxylic acids is 1. The molecule has 1 aromatic heterocycles. The smallest absolute Gasteiger partial charge is 0.321 e. The summed E-state index contributed by atoms with van der Waals surface area (Å²) in [6.07, 6.45) is -1.06. The molecule has 2 aromatic carbocycles. The Morgan fingerprint density at radius 2 is 1.84 bits per heavy atom. The van der Waals surface area contributed by atoms with E-state index in [1.54, 1.807) is 47.4 Å². The second-order valence-corrected chi connectivity index (χ2v) is 6.31. The zero-order valence-electron chi connectivity index (χ0n) is 12.6. The van der Waals surface area contributed by atoms with Crippen LogP contribution < -0.4 is 5.32 Å². The topological polar surface area (TPSA) is 46.9 Å². The maximum Gasteiger partial charge on any atom is 0.416 e. The van der Waals surface area contributed by atoms with Gasteiger partial charge in [-0.1, -0.05) is 0 Å². The van der Waals surface area contributed by atoms with Gasteiger partial charge in [0.1, 0.15) is 0 Å². The Bertz CT molecular complexity index is 891. The summed E-state index contributed by atoms with van der Waals surface area (Å²) in [5, 5.41) is 6.61. The molecule has 0 fully saturated rings. The zero-order valence-corrected chi connectivity index (χ0v) is 14.7. The van der Waals surface area contributed by atoms with Gasteiger partial charge in [-0.15, -0.1) is 0 Å². The SMILES string of the molecule is O=C(Nc1cc(C(F)(F)F)ccc1I)c1ccc(-n2cccn2)cc1. The minimum atomic E-state index is -4.46. The molecule has 0 radical (unpaired) electrons. The molecule has 0 aliphatic heterocycles. The first kappa shape index (κ1) is 17.5. The molecule has 0 atom stereocenters. The first-order chi connectivity index (χ1) is 11.8. The van der Waals surface area contributed by atoms with E-state index in [-0.39, 0.29) is 5.69 Å². The third kappa shape index (κ3) is 4.01. The largest absolute Gasteiger partial charge is 0.416 e. The fourth-order valence-electron chi connectivity index (χ4n) is 2.18. The van der Waals surface area contributed by atoms with Crippen LogP contribution in [0.25, 0.3) is 5.69 Å². The fourth-order valence-corrected chi connectivity index (χ4v) is 2.65. The van der Waals surface area contributed by atoms with Crippen molar-refractivity contribution in [3.63, 3.8) is 0 Å². The van der Waals surface area contributed by atoms with Crippen LogP contribution in [0, 0.1) is 3.57 Å². The molecule has 8 heteroatoms. The van der Waals surface area contributed by atoms with Crippen molar-refractivity contribution in [2.24, 2.45) is 0 Å². The highest BCUT2D eigenvalue weighted by atomic mass is 127. The van der Waals surface area contributed by atoms with Gasteiger partial charge < -0.3 is 5.32 Å². The van der Waals surface area contributed by atoms with Gasteiger partial charge in [0.15, 0.2) is 0 Å². The molecule has 128 valence electrons. The maximum absolute atomic E-state index is 12.8. The number of halogens is 4. The van der Waals surface area contributed by atoms with Gasteiger partial charge in [0.2, 0.25) is 0 Å². The van der Waals surface area contributed by atoms with E-state index in [1.165, 1.54) is 6.07 Å². The monoisotopic (exact) mass is 457 g/mol. The van der Waals surface area contributed by atoms with E-state index in [0.29, 0.717) is 9.13 Å². The number of amides is 1. The van der Waals surface area contributed by atoms with Crippen molar-refractivity contribution in [2.75, 3.05) is 5.32 Å².